The Morgan fingerprint density at radius 2 is 1.95 bits per heavy atom. The van der Waals surface area contributed by atoms with Crippen molar-refractivity contribution in [3.8, 4) is 0 Å². The first-order valence-corrected chi connectivity index (χ1v) is 8.78. The second-order valence-corrected chi connectivity index (χ2v) is 7.24. The van der Waals surface area contributed by atoms with E-state index in [1.165, 1.54) is 25.7 Å². The third-order valence-corrected chi connectivity index (χ3v) is 5.33. The molecule has 22 heavy (non-hydrogen) atoms. The van der Waals surface area contributed by atoms with Gasteiger partial charge in [-0.2, -0.15) is 0 Å². The lowest BCUT2D eigenvalue weighted by Gasteiger charge is -2.32. The van der Waals surface area contributed by atoms with Gasteiger partial charge in [-0.3, -0.25) is 0 Å². The van der Waals surface area contributed by atoms with Gasteiger partial charge in [0.25, 0.3) is 0 Å². The summed E-state index contributed by atoms with van der Waals surface area (Å²) in [5.74, 6) is 4.08. The molecule has 5 heteroatoms. The number of nitrogens with one attached hydrogen (secondary N) is 1. The molecule has 2 N–H and O–H groups in total. The molecule has 1 aliphatic heterocycles. The molecule has 1 aromatic heterocycles. The number of anilines is 2. The number of rotatable bonds is 6. The zero-order valence-electron chi connectivity index (χ0n) is 13.1. The average molecular weight is 302 g/mol. The van der Waals surface area contributed by atoms with E-state index in [1.54, 1.807) is 6.33 Å². The van der Waals surface area contributed by atoms with Crippen LogP contribution in [0.2, 0.25) is 0 Å². The summed E-state index contributed by atoms with van der Waals surface area (Å²) in [6, 6.07) is 2.71. The Morgan fingerprint density at radius 1 is 1.18 bits per heavy atom. The van der Waals surface area contributed by atoms with Gasteiger partial charge in [0.2, 0.25) is 0 Å². The lowest BCUT2D eigenvalue weighted by atomic mass is 9.99. The fourth-order valence-electron chi connectivity index (χ4n) is 3.72. The van der Waals surface area contributed by atoms with E-state index >= 15 is 0 Å². The van der Waals surface area contributed by atoms with E-state index in [0.29, 0.717) is 12.0 Å². The minimum atomic E-state index is 0.276. The zero-order chi connectivity index (χ0) is 14.9. The molecular weight excluding hydrogens is 276 g/mol. The summed E-state index contributed by atoms with van der Waals surface area (Å²) < 4.78 is 0. The normalized spacial score (nSPS) is 25.5. The summed E-state index contributed by atoms with van der Waals surface area (Å²) in [6.45, 7) is 2.21. The molecule has 0 radical (unpaired) electrons. The van der Waals surface area contributed by atoms with E-state index in [4.69, 9.17) is 0 Å². The molecule has 5 nitrogen and oxygen atoms in total. The van der Waals surface area contributed by atoms with Crippen molar-refractivity contribution >= 4 is 11.6 Å². The van der Waals surface area contributed by atoms with Gasteiger partial charge >= 0.3 is 0 Å². The minimum Gasteiger partial charge on any atom is -0.396 e. The maximum atomic E-state index is 9.39. The number of aliphatic hydroxyl groups excluding tert-OH is 1. The molecule has 0 aromatic carbocycles. The summed E-state index contributed by atoms with van der Waals surface area (Å²) in [6.07, 6.45) is 9.41. The summed E-state index contributed by atoms with van der Waals surface area (Å²) in [4.78, 5) is 11.2. The third kappa shape index (κ3) is 3.19. The van der Waals surface area contributed by atoms with Gasteiger partial charge in [0.15, 0.2) is 0 Å². The number of aliphatic hydroxyl groups is 1. The first-order valence-electron chi connectivity index (χ1n) is 8.78. The van der Waals surface area contributed by atoms with Crippen LogP contribution in [0.4, 0.5) is 11.6 Å². The summed E-state index contributed by atoms with van der Waals surface area (Å²) >= 11 is 0. The van der Waals surface area contributed by atoms with E-state index < -0.39 is 0 Å². The van der Waals surface area contributed by atoms with Gasteiger partial charge < -0.3 is 15.3 Å². The van der Waals surface area contributed by atoms with Crippen molar-refractivity contribution in [3.63, 3.8) is 0 Å². The predicted octanol–water partition coefficient (Wildman–Crippen LogP) is 2.29. The second kappa shape index (κ2) is 6.03. The molecule has 4 rings (SSSR count). The molecule has 1 saturated heterocycles. The molecule has 0 spiro atoms. The van der Waals surface area contributed by atoms with Crippen LogP contribution in [0.15, 0.2) is 12.4 Å². The van der Waals surface area contributed by atoms with Crippen molar-refractivity contribution in [2.24, 2.45) is 17.8 Å². The minimum absolute atomic E-state index is 0.276. The number of hydrogen-bond acceptors (Lipinski definition) is 5. The number of piperidine rings is 1. The molecule has 1 atom stereocenters. The monoisotopic (exact) mass is 302 g/mol. The fourth-order valence-corrected chi connectivity index (χ4v) is 3.72. The maximum absolute atomic E-state index is 9.39. The lowest BCUT2D eigenvalue weighted by Crippen LogP contribution is -2.37. The largest absolute Gasteiger partial charge is 0.396 e. The number of aromatic nitrogens is 2. The molecule has 3 fully saturated rings. The lowest BCUT2D eigenvalue weighted by molar-refractivity contribution is 0.208. The van der Waals surface area contributed by atoms with Crippen LogP contribution in [-0.2, 0) is 0 Å². The van der Waals surface area contributed by atoms with E-state index in [2.05, 4.69) is 26.3 Å². The van der Waals surface area contributed by atoms with Crippen LogP contribution < -0.4 is 10.2 Å². The van der Waals surface area contributed by atoms with Crippen LogP contribution in [0.5, 0.6) is 0 Å². The van der Waals surface area contributed by atoms with Crippen molar-refractivity contribution in [2.45, 2.75) is 44.6 Å². The van der Waals surface area contributed by atoms with Crippen LogP contribution in [-0.4, -0.2) is 40.8 Å². The van der Waals surface area contributed by atoms with Gasteiger partial charge in [0, 0.05) is 31.8 Å². The third-order valence-electron chi connectivity index (χ3n) is 5.33. The topological polar surface area (TPSA) is 61.3 Å². The molecule has 0 bridgehead atoms. The van der Waals surface area contributed by atoms with Crippen LogP contribution in [0.25, 0.3) is 0 Å². The van der Waals surface area contributed by atoms with E-state index in [9.17, 15) is 5.11 Å². The van der Waals surface area contributed by atoms with E-state index in [-0.39, 0.29) is 6.61 Å². The molecule has 2 saturated carbocycles. The van der Waals surface area contributed by atoms with Crippen LogP contribution >= 0.6 is 0 Å². The molecule has 0 amide bonds. The van der Waals surface area contributed by atoms with Gasteiger partial charge in [-0.05, 0) is 56.3 Å². The first-order chi connectivity index (χ1) is 10.8. The molecule has 2 aliphatic carbocycles. The van der Waals surface area contributed by atoms with Gasteiger partial charge in [0.05, 0.1) is 0 Å². The average Bonchev–Trinajstić information content (AvgIpc) is 3.46. The number of nitrogens with zero attached hydrogens (tertiary/aromatic N) is 3. The predicted molar refractivity (Wildman–Crippen MR) is 86.9 cm³/mol. The molecular formula is C17H26N4O. The van der Waals surface area contributed by atoms with Crippen LogP contribution in [0.3, 0.4) is 0 Å². The first kappa shape index (κ1) is 14.2. The summed E-state index contributed by atoms with van der Waals surface area (Å²) in [5, 5.41) is 13.1. The van der Waals surface area contributed by atoms with Crippen molar-refractivity contribution in [3.05, 3.63) is 12.4 Å². The standard InChI is InChI=1S/C17H26N4O/c22-10-12-2-1-7-21(9-12)16-8-15(18-11-19-16)20-17(13-3-4-13)14-5-6-14/h8,11-14,17,22H,1-7,9-10H2,(H,18,19,20). The van der Waals surface area contributed by atoms with Crippen molar-refractivity contribution in [1.29, 1.82) is 0 Å². The van der Waals surface area contributed by atoms with Gasteiger partial charge in [-0.25, -0.2) is 9.97 Å². The molecule has 3 aliphatic rings. The highest BCUT2D eigenvalue weighted by Gasteiger charge is 2.41. The Morgan fingerprint density at radius 3 is 2.64 bits per heavy atom. The van der Waals surface area contributed by atoms with E-state index in [0.717, 1.165) is 49.4 Å². The Labute approximate surface area is 132 Å². The summed E-state index contributed by atoms with van der Waals surface area (Å²) in [5.41, 5.74) is 0. The van der Waals surface area contributed by atoms with Gasteiger partial charge in [0.1, 0.15) is 18.0 Å². The van der Waals surface area contributed by atoms with Crippen LogP contribution in [0.1, 0.15) is 38.5 Å². The highest BCUT2D eigenvalue weighted by molar-refractivity contribution is 5.49. The number of hydrogen-bond donors (Lipinski definition) is 2. The van der Waals surface area contributed by atoms with Crippen molar-refractivity contribution in [1.82, 2.24) is 9.97 Å². The second-order valence-electron chi connectivity index (χ2n) is 7.24. The Kier molecular flexibility index (Phi) is 3.90. The Balaban J connectivity index is 1.45. The van der Waals surface area contributed by atoms with Gasteiger partial charge in [-0.1, -0.05) is 0 Å². The van der Waals surface area contributed by atoms with Crippen molar-refractivity contribution in [2.75, 3.05) is 29.9 Å². The quantitative estimate of drug-likeness (QED) is 0.844. The van der Waals surface area contributed by atoms with Crippen molar-refractivity contribution < 1.29 is 5.11 Å². The Hall–Kier alpha value is -1.36. The SMILES string of the molecule is OCC1CCCN(c2cc(NC(C3CC3)C3CC3)ncn2)C1. The molecule has 1 aromatic rings. The summed E-state index contributed by atoms with van der Waals surface area (Å²) in [7, 11) is 0. The fraction of sp³-hybridized carbons (Fsp3) is 0.765. The zero-order valence-corrected chi connectivity index (χ0v) is 13.1. The highest BCUT2D eigenvalue weighted by atomic mass is 16.3. The maximum Gasteiger partial charge on any atom is 0.134 e. The van der Waals surface area contributed by atoms with E-state index in [1.807, 2.05) is 0 Å². The Bertz CT molecular complexity index is 503. The van der Waals surface area contributed by atoms with Crippen LogP contribution in [0, 0.1) is 17.8 Å². The molecule has 120 valence electrons. The highest BCUT2D eigenvalue weighted by Crippen LogP contribution is 2.45. The molecule has 2 heterocycles. The van der Waals surface area contributed by atoms with Gasteiger partial charge in [-0.15, -0.1) is 0 Å². The smallest absolute Gasteiger partial charge is 0.134 e. The molecule has 1 unspecified atom stereocenters.